The number of hydrogen-bond acceptors (Lipinski definition) is 3. The molecule has 0 spiro atoms. The van der Waals surface area contributed by atoms with Crippen molar-refractivity contribution in [3.63, 3.8) is 0 Å². The Morgan fingerprint density at radius 1 is 1.33 bits per heavy atom. The van der Waals surface area contributed by atoms with Gasteiger partial charge < -0.3 is 5.32 Å². The van der Waals surface area contributed by atoms with Crippen molar-refractivity contribution < 1.29 is 13.2 Å². The second-order valence-electron chi connectivity index (χ2n) is 4.95. The average molecular weight is 337 g/mol. The van der Waals surface area contributed by atoms with E-state index in [2.05, 4.69) is 24.2 Å². The number of halogens is 4. The predicted octanol–water partition coefficient (Wildman–Crippen LogP) is 5.43. The molecule has 0 saturated heterocycles. The van der Waals surface area contributed by atoms with Crippen LogP contribution in [-0.4, -0.2) is 16.5 Å². The van der Waals surface area contributed by atoms with Gasteiger partial charge in [0.25, 0.3) is 0 Å². The average Bonchev–Trinajstić information content (AvgIpc) is 2.84. The van der Waals surface area contributed by atoms with Crippen molar-refractivity contribution in [2.45, 2.75) is 38.4 Å². The van der Waals surface area contributed by atoms with E-state index in [4.69, 9.17) is 11.6 Å². The molecule has 0 aromatic heterocycles. The van der Waals surface area contributed by atoms with Crippen molar-refractivity contribution in [3.05, 3.63) is 28.8 Å². The molecule has 1 N–H and O–H groups in total. The first-order valence-corrected chi connectivity index (χ1v) is 8.02. The van der Waals surface area contributed by atoms with Gasteiger partial charge in [0.1, 0.15) is 0 Å². The highest BCUT2D eigenvalue weighted by Gasteiger charge is 2.34. The predicted molar refractivity (Wildman–Crippen MR) is 83.3 cm³/mol. The lowest BCUT2D eigenvalue weighted by Gasteiger charge is -2.20. The van der Waals surface area contributed by atoms with Crippen LogP contribution in [0.1, 0.15) is 32.3 Å². The van der Waals surface area contributed by atoms with Gasteiger partial charge in [0.05, 0.1) is 16.1 Å². The molecule has 116 valence electrons. The molecule has 7 heteroatoms. The molecular formula is C14H16ClF3N2S. The molecule has 0 aliphatic carbocycles. The van der Waals surface area contributed by atoms with E-state index in [0.717, 1.165) is 24.7 Å². The minimum Gasteiger partial charge on any atom is -0.335 e. The summed E-state index contributed by atoms with van der Waals surface area (Å²) in [5, 5.41) is 3.32. The number of nitrogens with one attached hydrogen (secondary N) is 1. The zero-order valence-electron chi connectivity index (χ0n) is 11.7. The number of thioether (sulfide) groups is 1. The fraction of sp³-hybridized carbons (Fsp3) is 0.500. The van der Waals surface area contributed by atoms with Crippen molar-refractivity contribution >= 4 is 34.2 Å². The highest BCUT2D eigenvalue weighted by Crippen LogP contribution is 2.37. The Morgan fingerprint density at radius 3 is 2.52 bits per heavy atom. The minimum absolute atomic E-state index is 0.105. The summed E-state index contributed by atoms with van der Waals surface area (Å²) in [6.07, 6.45) is -2.64. The largest absolute Gasteiger partial charge is 0.417 e. The molecule has 1 aliphatic heterocycles. The topological polar surface area (TPSA) is 24.4 Å². The first-order valence-electron chi connectivity index (χ1n) is 6.66. The van der Waals surface area contributed by atoms with E-state index in [9.17, 15) is 13.2 Å². The molecule has 1 aromatic rings. The van der Waals surface area contributed by atoms with Gasteiger partial charge in [0.2, 0.25) is 0 Å². The van der Waals surface area contributed by atoms with Gasteiger partial charge in [-0.2, -0.15) is 13.2 Å². The van der Waals surface area contributed by atoms with Gasteiger partial charge in [-0.25, -0.2) is 0 Å². The number of benzene rings is 1. The van der Waals surface area contributed by atoms with Crippen LogP contribution in [0.4, 0.5) is 18.9 Å². The van der Waals surface area contributed by atoms with Crippen LogP contribution >= 0.6 is 23.4 Å². The van der Waals surface area contributed by atoms with Gasteiger partial charge in [0.15, 0.2) is 5.17 Å². The van der Waals surface area contributed by atoms with Crippen LogP contribution in [0.3, 0.4) is 0 Å². The first-order chi connectivity index (χ1) is 9.79. The standard InChI is InChI=1S/C14H16ClF3N2S/c1-3-13(4-2)8-21-12(20-13)19-9-5-6-11(15)10(7-9)14(16,17)18/h5-7H,3-4,8H2,1-2H3,(H,19,20). The molecule has 2 rings (SSSR count). The number of amidine groups is 1. The summed E-state index contributed by atoms with van der Waals surface area (Å²) in [6.45, 7) is 4.14. The maximum Gasteiger partial charge on any atom is 0.417 e. The van der Waals surface area contributed by atoms with E-state index in [0.29, 0.717) is 10.9 Å². The number of rotatable bonds is 3. The second kappa shape index (κ2) is 6.08. The molecule has 1 aliphatic rings. The molecule has 0 fully saturated rings. The van der Waals surface area contributed by atoms with Crippen molar-refractivity contribution in [2.24, 2.45) is 4.99 Å². The molecule has 0 atom stereocenters. The van der Waals surface area contributed by atoms with Gasteiger partial charge in [-0.1, -0.05) is 37.2 Å². The van der Waals surface area contributed by atoms with Crippen LogP contribution in [0.15, 0.2) is 23.2 Å². The number of alkyl halides is 3. The summed E-state index contributed by atoms with van der Waals surface area (Å²) < 4.78 is 38.5. The van der Waals surface area contributed by atoms with Gasteiger partial charge in [-0.05, 0) is 31.0 Å². The SMILES string of the molecule is CCC1(CC)CSC(Nc2ccc(Cl)c(C(F)(F)F)c2)=N1. The molecule has 1 aromatic carbocycles. The van der Waals surface area contributed by atoms with Crippen molar-refractivity contribution in [1.29, 1.82) is 0 Å². The van der Waals surface area contributed by atoms with E-state index in [-0.39, 0.29) is 10.6 Å². The van der Waals surface area contributed by atoms with Crippen LogP contribution < -0.4 is 5.32 Å². The summed E-state index contributed by atoms with van der Waals surface area (Å²) in [5.74, 6) is 0.849. The minimum atomic E-state index is -4.46. The molecule has 0 bridgehead atoms. The molecular weight excluding hydrogens is 321 g/mol. The Hall–Kier alpha value is -0.880. The Balaban J connectivity index is 2.22. The summed E-state index contributed by atoms with van der Waals surface area (Å²) >= 11 is 7.14. The van der Waals surface area contributed by atoms with E-state index in [1.54, 1.807) is 0 Å². The fourth-order valence-corrected chi connectivity index (χ4v) is 3.65. The van der Waals surface area contributed by atoms with Gasteiger partial charge >= 0.3 is 6.18 Å². The number of anilines is 1. The quantitative estimate of drug-likeness (QED) is 0.795. The maximum absolute atomic E-state index is 12.8. The lowest BCUT2D eigenvalue weighted by Crippen LogP contribution is -2.24. The summed E-state index contributed by atoms with van der Waals surface area (Å²) in [7, 11) is 0. The Bertz CT molecular complexity index is 554. The van der Waals surface area contributed by atoms with Gasteiger partial charge in [-0.3, -0.25) is 4.99 Å². The number of aliphatic imine (C=N–C) groups is 1. The maximum atomic E-state index is 12.8. The van der Waals surface area contributed by atoms with Crippen LogP contribution in [-0.2, 0) is 6.18 Å². The van der Waals surface area contributed by atoms with Crippen molar-refractivity contribution in [2.75, 3.05) is 11.1 Å². The van der Waals surface area contributed by atoms with Crippen LogP contribution in [0.5, 0.6) is 0 Å². The third-order valence-corrected chi connectivity index (χ3v) is 5.13. The van der Waals surface area contributed by atoms with Crippen molar-refractivity contribution in [3.8, 4) is 0 Å². The molecule has 0 radical (unpaired) electrons. The first kappa shape index (κ1) is 16.5. The van der Waals surface area contributed by atoms with E-state index in [1.165, 1.54) is 23.9 Å². The lowest BCUT2D eigenvalue weighted by molar-refractivity contribution is -0.137. The van der Waals surface area contributed by atoms with E-state index >= 15 is 0 Å². The molecule has 0 amide bonds. The number of hydrogen-bond donors (Lipinski definition) is 1. The lowest BCUT2D eigenvalue weighted by atomic mass is 9.97. The Kier molecular flexibility index (Phi) is 4.78. The smallest absolute Gasteiger partial charge is 0.335 e. The molecule has 0 saturated carbocycles. The van der Waals surface area contributed by atoms with Crippen molar-refractivity contribution in [1.82, 2.24) is 0 Å². The molecule has 21 heavy (non-hydrogen) atoms. The highest BCUT2D eigenvalue weighted by atomic mass is 35.5. The van der Waals surface area contributed by atoms with Gasteiger partial charge in [-0.15, -0.1) is 0 Å². The monoisotopic (exact) mass is 336 g/mol. The molecule has 1 heterocycles. The van der Waals surface area contributed by atoms with Gasteiger partial charge in [0, 0.05) is 11.4 Å². The Morgan fingerprint density at radius 2 is 2.00 bits per heavy atom. The summed E-state index contributed by atoms with van der Waals surface area (Å²) in [6, 6.07) is 3.79. The summed E-state index contributed by atoms with van der Waals surface area (Å²) in [4.78, 5) is 4.62. The van der Waals surface area contributed by atoms with E-state index in [1.807, 2.05) is 0 Å². The van der Waals surface area contributed by atoms with Crippen LogP contribution in [0, 0.1) is 0 Å². The molecule has 2 nitrogen and oxygen atoms in total. The third-order valence-electron chi connectivity index (χ3n) is 3.66. The fourth-order valence-electron chi connectivity index (χ4n) is 2.10. The van der Waals surface area contributed by atoms with Crippen LogP contribution in [0.25, 0.3) is 0 Å². The van der Waals surface area contributed by atoms with Crippen LogP contribution in [0.2, 0.25) is 5.02 Å². The normalized spacial score (nSPS) is 17.7. The zero-order valence-corrected chi connectivity index (χ0v) is 13.3. The third kappa shape index (κ3) is 3.66. The molecule has 0 unspecified atom stereocenters. The van der Waals surface area contributed by atoms with E-state index < -0.39 is 11.7 Å². The summed E-state index contributed by atoms with van der Waals surface area (Å²) in [5.41, 5.74) is -0.595. The second-order valence-corrected chi connectivity index (χ2v) is 6.33. The highest BCUT2D eigenvalue weighted by molar-refractivity contribution is 8.14. The zero-order chi connectivity index (χ0) is 15.7. The number of nitrogens with zero attached hydrogens (tertiary/aromatic N) is 1. The Labute approximate surface area is 131 Å².